The van der Waals surface area contributed by atoms with Crippen LogP contribution in [0.2, 0.25) is 0 Å². The fraction of sp³-hybridized carbons (Fsp3) is 0.0800. The van der Waals surface area contributed by atoms with E-state index in [0.29, 0.717) is 22.3 Å². The second-order valence-electron chi connectivity index (χ2n) is 7.13. The molecule has 6 heteroatoms. The minimum Gasteiger partial charge on any atom is -0.376 e. The monoisotopic (exact) mass is 433 g/mol. The Morgan fingerprint density at radius 1 is 0.839 bits per heavy atom. The molecule has 0 saturated heterocycles. The summed E-state index contributed by atoms with van der Waals surface area (Å²) in [6, 6.07) is 19.5. The Morgan fingerprint density at radius 2 is 1.45 bits per heavy atom. The van der Waals surface area contributed by atoms with E-state index in [4.69, 9.17) is 11.6 Å². The summed E-state index contributed by atoms with van der Waals surface area (Å²) in [5.41, 5.74) is 2.26. The highest BCUT2D eigenvalue weighted by Crippen LogP contribution is 2.27. The van der Waals surface area contributed by atoms with Gasteiger partial charge in [0.1, 0.15) is 16.5 Å². The van der Waals surface area contributed by atoms with Crippen LogP contribution in [0.15, 0.2) is 83.5 Å². The Bertz CT molecular complexity index is 1230. The Labute approximate surface area is 183 Å². The standard InChI is InChI=1S/C25H17ClFNO3/c26-22-23(25(31)19-7-3-2-6-18(19)24(22)30)28-14-15-9-11-16(12-10-15)21(29)13-17-5-1-4-8-20(17)27/h1-12,28H,13-14H2. The third-order valence-corrected chi connectivity index (χ3v) is 5.48. The van der Waals surface area contributed by atoms with E-state index in [1.807, 2.05) is 0 Å². The van der Waals surface area contributed by atoms with E-state index < -0.39 is 11.6 Å². The van der Waals surface area contributed by atoms with Crippen LogP contribution >= 0.6 is 11.6 Å². The van der Waals surface area contributed by atoms with Crippen LogP contribution in [0.5, 0.6) is 0 Å². The van der Waals surface area contributed by atoms with Gasteiger partial charge in [0.15, 0.2) is 5.78 Å². The molecular weight excluding hydrogens is 417 g/mol. The number of carbonyl (C=O) groups is 3. The minimum absolute atomic E-state index is 0.0250. The molecule has 0 aromatic heterocycles. The van der Waals surface area contributed by atoms with Crippen molar-refractivity contribution in [2.75, 3.05) is 0 Å². The zero-order chi connectivity index (χ0) is 22.0. The van der Waals surface area contributed by atoms with Gasteiger partial charge in [0.05, 0.1) is 0 Å². The van der Waals surface area contributed by atoms with E-state index in [9.17, 15) is 18.8 Å². The molecule has 31 heavy (non-hydrogen) atoms. The van der Waals surface area contributed by atoms with Gasteiger partial charge in [-0.1, -0.05) is 78.3 Å². The van der Waals surface area contributed by atoms with Crippen LogP contribution in [0.4, 0.5) is 4.39 Å². The molecule has 0 unspecified atom stereocenters. The average Bonchev–Trinajstić information content (AvgIpc) is 2.79. The lowest BCUT2D eigenvalue weighted by Crippen LogP contribution is -2.28. The summed E-state index contributed by atoms with van der Waals surface area (Å²) < 4.78 is 13.8. The molecule has 0 atom stereocenters. The van der Waals surface area contributed by atoms with E-state index in [1.165, 1.54) is 6.07 Å². The quantitative estimate of drug-likeness (QED) is 0.563. The minimum atomic E-state index is -0.407. The predicted octanol–water partition coefficient (Wildman–Crippen LogP) is 4.87. The third kappa shape index (κ3) is 4.18. The van der Waals surface area contributed by atoms with Crippen LogP contribution in [0.25, 0.3) is 0 Å². The molecule has 0 heterocycles. The maximum absolute atomic E-state index is 13.8. The molecule has 1 N–H and O–H groups in total. The van der Waals surface area contributed by atoms with Crippen LogP contribution in [0.3, 0.4) is 0 Å². The Balaban J connectivity index is 1.45. The molecule has 3 aromatic carbocycles. The summed E-state index contributed by atoms with van der Waals surface area (Å²) >= 11 is 6.15. The zero-order valence-corrected chi connectivity index (χ0v) is 17.1. The largest absolute Gasteiger partial charge is 0.376 e. The summed E-state index contributed by atoms with van der Waals surface area (Å²) in [7, 11) is 0. The summed E-state index contributed by atoms with van der Waals surface area (Å²) in [6.45, 7) is 0.245. The van der Waals surface area contributed by atoms with Crippen molar-refractivity contribution in [2.45, 2.75) is 13.0 Å². The predicted molar refractivity (Wildman–Crippen MR) is 116 cm³/mol. The molecule has 0 spiro atoms. The van der Waals surface area contributed by atoms with Gasteiger partial charge in [-0.25, -0.2) is 4.39 Å². The molecule has 0 fully saturated rings. The number of benzene rings is 3. The van der Waals surface area contributed by atoms with E-state index >= 15 is 0 Å². The topological polar surface area (TPSA) is 63.2 Å². The van der Waals surface area contributed by atoms with Crippen LogP contribution < -0.4 is 5.32 Å². The first-order valence-electron chi connectivity index (χ1n) is 9.63. The highest BCUT2D eigenvalue weighted by atomic mass is 35.5. The van der Waals surface area contributed by atoms with Crippen molar-refractivity contribution in [3.05, 3.63) is 117 Å². The zero-order valence-electron chi connectivity index (χ0n) is 16.3. The first kappa shape index (κ1) is 20.7. The highest BCUT2D eigenvalue weighted by Gasteiger charge is 2.30. The number of hydrogen-bond acceptors (Lipinski definition) is 4. The lowest BCUT2D eigenvalue weighted by Gasteiger charge is -2.19. The van der Waals surface area contributed by atoms with Gasteiger partial charge in [-0.2, -0.15) is 0 Å². The first-order chi connectivity index (χ1) is 15.0. The van der Waals surface area contributed by atoms with Crippen molar-refractivity contribution in [2.24, 2.45) is 0 Å². The Kier molecular flexibility index (Phi) is 5.78. The molecule has 4 nitrogen and oxygen atoms in total. The number of rotatable bonds is 6. The summed E-state index contributed by atoms with van der Waals surface area (Å²) in [5.74, 6) is -1.33. The van der Waals surface area contributed by atoms with Gasteiger partial charge >= 0.3 is 0 Å². The molecule has 1 aliphatic carbocycles. The van der Waals surface area contributed by atoms with Gasteiger partial charge < -0.3 is 5.32 Å². The van der Waals surface area contributed by atoms with Crippen LogP contribution in [-0.4, -0.2) is 17.3 Å². The van der Waals surface area contributed by atoms with Gasteiger partial charge in [0.25, 0.3) is 0 Å². The first-order valence-corrected chi connectivity index (χ1v) is 10.0. The molecule has 0 bridgehead atoms. The molecule has 3 aromatic rings. The molecule has 154 valence electrons. The summed E-state index contributed by atoms with van der Waals surface area (Å²) in [6.07, 6.45) is -0.0250. The van der Waals surface area contributed by atoms with Gasteiger partial charge in [-0.15, -0.1) is 0 Å². The molecule has 0 radical (unpaired) electrons. The van der Waals surface area contributed by atoms with Gasteiger partial charge in [-0.05, 0) is 17.2 Å². The van der Waals surface area contributed by atoms with Crippen molar-refractivity contribution in [3.63, 3.8) is 0 Å². The number of Topliss-reactive ketones (excluding diaryl/α,β-unsaturated/α-hetero) is 3. The van der Waals surface area contributed by atoms with Gasteiger partial charge in [0, 0.05) is 29.7 Å². The van der Waals surface area contributed by atoms with Gasteiger partial charge in [0.2, 0.25) is 11.6 Å². The highest BCUT2D eigenvalue weighted by molar-refractivity contribution is 6.49. The fourth-order valence-corrected chi connectivity index (χ4v) is 3.67. The fourth-order valence-electron chi connectivity index (χ4n) is 3.42. The maximum Gasteiger partial charge on any atom is 0.211 e. The second-order valence-corrected chi connectivity index (χ2v) is 7.51. The average molecular weight is 434 g/mol. The maximum atomic E-state index is 13.8. The van der Waals surface area contributed by atoms with Crippen LogP contribution in [0.1, 0.15) is 42.2 Å². The normalized spacial score (nSPS) is 13.2. The van der Waals surface area contributed by atoms with E-state index in [1.54, 1.807) is 66.7 Å². The number of fused-ring (bicyclic) bond motifs is 1. The van der Waals surface area contributed by atoms with Crippen LogP contribution in [-0.2, 0) is 13.0 Å². The number of carbonyl (C=O) groups excluding carboxylic acids is 3. The lowest BCUT2D eigenvalue weighted by atomic mass is 9.92. The third-order valence-electron chi connectivity index (χ3n) is 5.12. The SMILES string of the molecule is O=C(Cc1ccccc1F)c1ccc(CNC2=C(Cl)C(=O)c3ccccc3C2=O)cc1. The van der Waals surface area contributed by atoms with Crippen molar-refractivity contribution >= 4 is 29.0 Å². The molecular formula is C25H17ClFNO3. The second kappa shape index (κ2) is 8.66. The lowest BCUT2D eigenvalue weighted by molar-refractivity contribution is 0.0974. The molecule has 4 rings (SSSR count). The van der Waals surface area contributed by atoms with E-state index in [-0.39, 0.29) is 35.3 Å². The molecule has 1 aliphatic rings. The number of ketones is 3. The molecule has 0 aliphatic heterocycles. The summed E-state index contributed by atoms with van der Waals surface area (Å²) in [5, 5.41) is 2.81. The Morgan fingerprint density at radius 3 is 2.13 bits per heavy atom. The molecule has 0 saturated carbocycles. The van der Waals surface area contributed by atoms with E-state index in [2.05, 4.69) is 5.32 Å². The Hall–Kier alpha value is -3.57. The summed E-state index contributed by atoms with van der Waals surface area (Å²) in [4.78, 5) is 37.6. The number of allylic oxidation sites excluding steroid dienone is 2. The van der Waals surface area contributed by atoms with Crippen molar-refractivity contribution in [3.8, 4) is 0 Å². The molecule has 0 amide bonds. The van der Waals surface area contributed by atoms with E-state index in [0.717, 1.165) is 5.56 Å². The van der Waals surface area contributed by atoms with Crippen molar-refractivity contribution in [1.29, 1.82) is 0 Å². The van der Waals surface area contributed by atoms with Crippen molar-refractivity contribution < 1.29 is 18.8 Å². The smallest absolute Gasteiger partial charge is 0.211 e. The van der Waals surface area contributed by atoms with Crippen LogP contribution in [0, 0.1) is 5.82 Å². The number of nitrogens with one attached hydrogen (secondary N) is 1. The number of hydrogen-bond donors (Lipinski definition) is 1. The van der Waals surface area contributed by atoms with Gasteiger partial charge in [-0.3, -0.25) is 14.4 Å². The van der Waals surface area contributed by atoms with Crippen molar-refractivity contribution in [1.82, 2.24) is 5.32 Å². The number of halogens is 2.